The third kappa shape index (κ3) is 4.05. The molecule has 0 fully saturated rings. The van der Waals surface area contributed by atoms with E-state index in [0.717, 1.165) is 22.0 Å². The lowest BCUT2D eigenvalue weighted by Gasteiger charge is -2.04. The van der Waals surface area contributed by atoms with Gasteiger partial charge in [0, 0.05) is 10.9 Å². The van der Waals surface area contributed by atoms with Gasteiger partial charge >= 0.3 is 0 Å². The van der Waals surface area contributed by atoms with Crippen LogP contribution < -0.4 is 5.43 Å². The molecule has 0 aliphatic carbocycles. The molecule has 0 atom stereocenters. The minimum Gasteiger partial charge on any atom is -0.253 e. The lowest BCUT2D eigenvalue weighted by Crippen LogP contribution is -1.91. The van der Waals surface area contributed by atoms with Crippen molar-refractivity contribution in [1.29, 1.82) is 0 Å². The highest BCUT2D eigenvalue weighted by Gasteiger charge is 2.02. The van der Waals surface area contributed by atoms with Gasteiger partial charge in [-0.15, -0.1) is 11.3 Å². The highest BCUT2D eigenvalue weighted by Crippen LogP contribution is 2.24. The van der Waals surface area contributed by atoms with E-state index >= 15 is 0 Å². The van der Waals surface area contributed by atoms with Crippen molar-refractivity contribution in [3.63, 3.8) is 0 Å². The summed E-state index contributed by atoms with van der Waals surface area (Å²) in [6.07, 6.45) is 1.81. The van der Waals surface area contributed by atoms with E-state index < -0.39 is 0 Å². The molecule has 0 aliphatic heterocycles. The molecule has 0 unspecified atom stereocenters. The molecule has 1 heterocycles. The first-order chi connectivity index (χ1) is 11.2. The van der Waals surface area contributed by atoms with Crippen molar-refractivity contribution in [1.82, 2.24) is 4.98 Å². The summed E-state index contributed by atoms with van der Waals surface area (Å²) in [7, 11) is 0. The Bertz CT molecular complexity index is 774. The van der Waals surface area contributed by atoms with Gasteiger partial charge in [-0.05, 0) is 17.0 Å². The zero-order valence-corrected chi connectivity index (χ0v) is 14.0. The first kappa shape index (κ1) is 15.4. The predicted molar refractivity (Wildman–Crippen MR) is 99.3 cm³/mol. The molecule has 0 amide bonds. The maximum atomic E-state index is 4.54. The van der Waals surface area contributed by atoms with Gasteiger partial charge < -0.3 is 0 Å². The Morgan fingerprint density at radius 2 is 1.78 bits per heavy atom. The fourth-order valence-corrected chi connectivity index (χ4v) is 2.86. The Labute approximate surface area is 140 Å². The van der Waals surface area contributed by atoms with Crippen LogP contribution in [0.4, 0.5) is 5.13 Å². The molecule has 2 aromatic carbocycles. The fourth-order valence-electron chi connectivity index (χ4n) is 2.20. The lowest BCUT2D eigenvalue weighted by molar-refractivity contribution is 0.866. The Hall–Kier alpha value is -2.46. The highest BCUT2D eigenvalue weighted by atomic mass is 32.1. The maximum Gasteiger partial charge on any atom is 0.203 e. The van der Waals surface area contributed by atoms with Crippen molar-refractivity contribution in [2.45, 2.75) is 19.8 Å². The fraction of sp³-hybridized carbons (Fsp3) is 0.158. The van der Waals surface area contributed by atoms with Gasteiger partial charge in [0.2, 0.25) is 5.13 Å². The van der Waals surface area contributed by atoms with Gasteiger partial charge in [0.1, 0.15) is 0 Å². The molecule has 3 aromatic rings. The molecule has 116 valence electrons. The second-order valence-electron chi connectivity index (χ2n) is 5.60. The van der Waals surface area contributed by atoms with Crippen LogP contribution in [0.15, 0.2) is 65.1 Å². The van der Waals surface area contributed by atoms with Gasteiger partial charge in [-0.3, -0.25) is 5.43 Å². The largest absolute Gasteiger partial charge is 0.253 e. The van der Waals surface area contributed by atoms with E-state index in [1.54, 1.807) is 11.3 Å². The van der Waals surface area contributed by atoms with E-state index in [0.29, 0.717) is 5.92 Å². The van der Waals surface area contributed by atoms with Crippen molar-refractivity contribution < 1.29 is 0 Å². The zero-order chi connectivity index (χ0) is 16.1. The van der Waals surface area contributed by atoms with Crippen molar-refractivity contribution >= 4 is 22.7 Å². The molecule has 4 heteroatoms. The average Bonchev–Trinajstić information content (AvgIpc) is 3.05. The Balaban J connectivity index is 1.63. The number of rotatable bonds is 5. The van der Waals surface area contributed by atoms with Crippen LogP contribution in [0, 0.1) is 0 Å². The van der Waals surface area contributed by atoms with E-state index in [4.69, 9.17) is 0 Å². The summed E-state index contributed by atoms with van der Waals surface area (Å²) >= 11 is 1.55. The molecule has 0 saturated carbocycles. The second-order valence-corrected chi connectivity index (χ2v) is 6.45. The Morgan fingerprint density at radius 3 is 2.48 bits per heavy atom. The van der Waals surface area contributed by atoms with Gasteiger partial charge in [-0.25, -0.2) is 4.98 Å². The summed E-state index contributed by atoms with van der Waals surface area (Å²) in [5.41, 5.74) is 7.49. The molecule has 3 nitrogen and oxygen atoms in total. The second kappa shape index (κ2) is 7.20. The summed E-state index contributed by atoms with van der Waals surface area (Å²) in [5.74, 6) is 0.547. The van der Waals surface area contributed by atoms with E-state index in [1.165, 1.54) is 5.56 Å². The van der Waals surface area contributed by atoms with Crippen LogP contribution in [0.5, 0.6) is 0 Å². The van der Waals surface area contributed by atoms with Gasteiger partial charge in [-0.1, -0.05) is 68.4 Å². The lowest BCUT2D eigenvalue weighted by atomic mass is 10.0. The number of aromatic nitrogens is 1. The van der Waals surface area contributed by atoms with Crippen molar-refractivity contribution in [3.05, 3.63) is 71.1 Å². The van der Waals surface area contributed by atoms with Crippen LogP contribution in [0.3, 0.4) is 0 Å². The van der Waals surface area contributed by atoms with Gasteiger partial charge in [0.05, 0.1) is 11.9 Å². The maximum absolute atomic E-state index is 4.54. The van der Waals surface area contributed by atoms with Gasteiger partial charge in [0.25, 0.3) is 0 Å². The van der Waals surface area contributed by atoms with Crippen LogP contribution in [0.25, 0.3) is 11.3 Å². The smallest absolute Gasteiger partial charge is 0.203 e. The zero-order valence-electron chi connectivity index (χ0n) is 13.2. The third-order valence-corrected chi connectivity index (χ3v) is 4.30. The molecule has 0 bridgehead atoms. The predicted octanol–water partition coefficient (Wildman–Crippen LogP) is 5.38. The van der Waals surface area contributed by atoms with Crippen molar-refractivity contribution in [3.8, 4) is 11.3 Å². The third-order valence-electron chi connectivity index (χ3n) is 3.55. The normalized spacial score (nSPS) is 11.3. The van der Waals surface area contributed by atoms with Crippen LogP contribution in [0.2, 0.25) is 0 Å². The highest BCUT2D eigenvalue weighted by molar-refractivity contribution is 7.14. The summed E-state index contributed by atoms with van der Waals surface area (Å²) in [6, 6.07) is 18.6. The minimum atomic E-state index is 0.547. The molecular formula is C19H19N3S. The molecule has 0 aliphatic rings. The van der Waals surface area contributed by atoms with E-state index in [-0.39, 0.29) is 0 Å². The molecular weight excluding hydrogens is 302 g/mol. The average molecular weight is 321 g/mol. The number of thiazole rings is 1. The number of hydrogen-bond acceptors (Lipinski definition) is 4. The Morgan fingerprint density at radius 1 is 1.04 bits per heavy atom. The summed E-state index contributed by atoms with van der Waals surface area (Å²) in [5, 5.41) is 7.09. The van der Waals surface area contributed by atoms with Gasteiger partial charge in [0.15, 0.2) is 0 Å². The Kier molecular flexibility index (Phi) is 4.83. The summed E-state index contributed by atoms with van der Waals surface area (Å²) in [4.78, 5) is 4.54. The van der Waals surface area contributed by atoms with E-state index in [2.05, 4.69) is 65.8 Å². The number of hydrogen-bond donors (Lipinski definition) is 1. The molecule has 3 rings (SSSR count). The number of benzene rings is 2. The monoisotopic (exact) mass is 321 g/mol. The number of hydrazone groups is 1. The van der Waals surface area contributed by atoms with Crippen molar-refractivity contribution in [2.24, 2.45) is 5.10 Å². The molecule has 0 spiro atoms. The topological polar surface area (TPSA) is 37.3 Å². The molecule has 0 radical (unpaired) electrons. The molecule has 23 heavy (non-hydrogen) atoms. The first-order valence-electron chi connectivity index (χ1n) is 7.62. The van der Waals surface area contributed by atoms with E-state index in [9.17, 15) is 0 Å². The molecule has 1 N–H and O–H groups in total. The quantitative estimate of drug-likeness (QED) is 0.506. The summed E-state index contributed by atoms with van der Waals surface area (Å²) < 4.78 is 0. The first-order valence-corrected chi connectivity index (χ1v) is 8.50. The van der Waals surface area contributed by atoms with Crippen LogP contribution in [-0.4, -0.2) is 11.2 Å². The summed E-state index contributed by atoms with van der Waals surface area (Å²) in [6.45, 7) is 4.38. The van der Waals surface area contributed by atoms with Gasteiger partial charge in [-0.2, -0.15) is 5.10 Å². The number of nitrogens with zero attached hydrogens (tertiary/aromatic N) is 2. The van der Waals surface area contributed by atoms with Crippen LogP contribution in [-0.2, 0) is 0 Å². The van der Waals surface area contributed by atoms with Crippen molar-refractivity contribution in [2.75, 3.05) is 5.43 Å². The van der Waals surface area contributed by atoms with E-state index in [1.807, 2.05) is 29.8 Å². The minimum absolute atomic E-state index is 0.547. The molecule has 1 aromatic heterocycles. The number of anilines is 1. The standard InChI is InChI=1S/C19H19N3S/c1-14(2)16-10-8-15(9-11-16)12-20-22-19-21-18(13-23-19)17-6-4-3-5-7-17/h3-14H,1-2H3,(H,21,22)/b20-12+. The van der Waals surface area contributed by atoms with Crippen LogP contribution >= 0.6 is 11.3 Å². The number of nitrogens with one attached hydrogen (secondary N) is 1. The SMILES string of the molecule is CC(C)c1ccc(/C=N/Nc2nc(-c3ccccc3)cs2)cc1. The molecule has 0 saturated heterocycles. The van der Waals surface area contributed by atoms with Crippen LogP contribution in [0.1, 0.15) is 30.9 Å².